The quantitative estimate of drug-likeness (QED) is 0.602. The van der Waals surface area contributed by atoms with Crippen LogP contribution in [0.1, 0.15) is 24.1 Å². The maximum atomic E-state index is 13.0. The van der Waals surface area contributed by atoms with Crippen molar-refractivity contribution in [1.82, 2.24) is 15.5 Å². The van der Waals surface area contributed by atoms with Crippen molar-refractivity contribution in [2.75, 3.05) is 5.32 Å². The van der Waals surface area contributed by atoms with Gasteiger partial charge in [-0.15, -0.1) is 0 Å². The van der Waals surface area contributed by atoms with E-state index >= 15 is 0 Å². The number of benzene rings is 2. The van der Waals surface area contributed by atoms with Gasteiger partial charge in [-0.2, -0.15) is 18.3 Å². The molecule has 0 aliphatic carbocycles. The second kappa shape index (κ2) is 7.29. The lowest BCUT2D eigenvalue weighted by molar-refractivity contribution is -0.137. The summed E-state index contributed by atoms with van der Waals surface area (Å²) in [4.78, 5) is 28.7. The molecule has 1 aromatic heterocycles. The Morgan fingerprint density at radius 3 is 2.57 bits per heavy atom. The summed E-state index contributed by atoms with van der Waals surface area (Å²) in [6.45, 7) is 1.54. The van der Waals surface area contributed by atoms with Gasteiger partial charge in [0.15, 0.2) is 0 Å². The van der Waals surface area contributed by atoms with E-state index in [0.29, 0.717) is 11.3 Å². The molecule has 2 unspecified atom stereocenters. The van der Waals surface area contributed by atoms with Crippen molar-refractivity contribution in [3.63, 3.8) is 0 Å². The number of aliphatic imine (C=N–C) groups is 1. The minimum absolute atomic E-state index is 0.269. The minimum Gasteiger partial charge on any atom is -0.328 e. The highest BCUT2D eigenvalue weighted by Crippen LogP contribution is 2.33. The first-order valence-corrected chi connectivity index (χ1v) is 8.99. The van der Waals surface area contributed by atoms with Crippen LogP contribution >= 0.6 is 0 Å². The summed E-state index contributed by atoms with van der Waals surface area (Å²) in [7, 11) is 0. The second-order valence-corrected chi connectivity index (χ2v) is 6.94. The molecule has 1 aliphatic heterocycles. The number of carbonyl (C=O) groups excluding carboxylic acids is 2. The number of nitrogens with zero attached hydrogens (tertiary/aromatic N) is 2. The Morgan fingerprint density at radius 2 is 1.87 bits per heavy atom. The van der Waals surface area contributed by atoms with Crippen molar-refractivity contribution >= 4 is 34.2 Å². The van der Waals surface area contributed by atoms with Crippen LogP contribution in [-0.4, -0.2) is 27.8 Å². The SMILES string of the molecule is CC1=NC(=O)NC(c2ccc(C(F)(F)F)cc2)C1C(=O)Nc1ccc2[nH]ncc2c1. The van der Waals surface area contributed by atoms with Gasteiger partial charge < -0.3 is 10.6 Å². The average Bonchev–Trinajstić information content (AvgIpc) is 3.14. The minimum atomic E-state index is -4.48. The Morgan fingerprint density at radius 1 is 1.13 bits per heavy atom. The number of H-pyrrole nitrogens is 1. The van der Waals surface area contributed by atoms with Gasteiger partial charge in [-0.05, 0) is 42.8 Å². The zero-order chi connectivity index (χ0) is 21.5. The lowest BCUT2D eigenvalue weighted by Gasteiger charge is -2.30. The van der Waals surface area contributed by atoms with Crippen LogP contribution in [0.25, 0.3) is 10.9 Å². The normalized spacial score (nSPS) is 19.3. The van der Waals surface area contributed by atoms with Crippen molar-refractivity contribution in [1.29, 1.82) is 0 Å². The number of nitrogens with one attached hydrogen (secondary N) is 3. The first kappa shape index (κ1) is 19.6. The fourth-order valence-electron chi connectivity index (χ4n) is 3.46. The third kappa shape index (κ3) is 3.76. The van der Waals surface area contributed by atoms with Gasteiger partial charge in [0.25, 0.3) is 0 Å². The molecule has 7 nitrogen and oxygen atoms in total. The van der Waals surface area contributed by atoms with Gasteiger partial charge in [-0.3, -0.25) is 9.89 Å². The molecule has 3 amide bonds. The van der Waals surface area contributed by atoms with Crippen molar-refractivity contribution in [3.8, 4) is 0 Å². The second-order valence-electron chi connectivity index (χ2n) is 6.94. The van der Waals surface area contributed by atoms with Crippen molar-refractivity contribution in [3.05, 3.63) is 59.8 Å². The number of anilines is 1. The number of amides is 3. The topological polar surface area (TPSA) is 99.2 Å². The molecular weight excluding hydrogens is 399 g/mol. The number of fused-ring (bicyclic) bond motifs is 1. The van der Waals surface area contributed by atoms with Crippen molar-refractivity contribution in [2.45, 2.75) is 19.1 Å². The Hall–Kier alpha value is -3.69. The Labute approximate surface area is 168 Å². The van der Waals surface area contributed by atoms with Crippen LogP contribution in [-0.2, 0) is 11.0 Å². The van der Waals surface area contributed by atoms with E-state index in [2.05, 4.69) is 25.8 Å². The zero-order valence-electron chi connectivity index (χ0n) is 15.6. The highest BCUT2D eigenvalue weighted by atomic mass is 19.4. The molecule has 0 radical (unpaired) electrons. The largest absolute Gasteiger partial charge is 0.416 e. The predicted molar refractivity (Wildman–Crippen MR) is 104 cm³/mol. The molecule has 2 heterocycles. The smallest absolute Gasteiger partial charge is 0.328 e. The molecule has 0 saturated carbocycles. The fourth-order valence-corrected chi connectivity index (χ4v) is 3.46. The van der Waals surface area contributed by atoms with Crippen molar-refractivity contribution in [2.24, 2.45) is 10.9 Å². The number of urea groups is 1. The molecule has 3 N–H and O–H groups in total. The average molecular weight is 415 g/mol. The number of aromatic amines is 1. The number of halogens is 3. The molecule has 3 aromatic rings. The summed E-state index contributed by atoms with van der Waals surface area (Å²) >= 11 is 0. The number of rotatable bonds is 3. The highest BCUT2D eigenvalue weighted by molar-refractivity contribution is 6.13. The number of hydrogen-bond donors (Lipinski definition) is 3. The van der Waals surface area contributed by atoms with Crippen LogP contribution in [0.5, 0.6) is 0 Å². The van der Waals surface area contributed by atoms with Crippen LogP contribution in [0, 0.1) is 5.92 Å². The molecule has 2 aromatic carbocycles. The predicted octanol–water partition coefficient (Wildman–Crippen LogP) is 4.06. The van der Waals surface area contributed by atoms with Gasteiger partial charge >= 0.3 is 12.2 Å². The molecular formula is C20H16F3N5O2. The van der Waals surface area contributed by atoms with Gasteiger partial charge in [0.05, 0.1) is 23.3 Å². The van der Waals surface area contributed by atoms with E-state index in [9.17, 15) is 22.8 Å². The molecule has 0 spiro atoms. The summed E-state index contributed by atoms with van der Waals surface area (Å²) in [5.74, 6) is -1.33. The third-order valence-corrected chi connectivity index (χ3v) is 4.93. The van der Waals surface area contributed by atoms with Crippen molar-refractivity contribution < 1.29 is 22.8 Å². The van der Waals surface area contributed by atoms with Gasteiger partial charge in [0, 0.05) is 16.8 Å². The van der Waals surface area contributed by atoms with E-state index in [0.717, 1.165) is 23.0 Å². The summed E-state index contributed by atoms with van der Waals surface area (Å²) in [6.07, 6.45) is -2.86. The number of alkyl halides is 3. The summed E-state index contributed by atoms with van der Waals surface area (Å²) in [6, 6.07) is 8.03. The standard InChI is InChI=1S/C20H16F3N5O2/c1-10-16(18(29)26-14-6-7-15-12(8-14)9-24-28-15)17(27-19(30)25-10)11-2-4-13(5-3-11)20(21,22)23/h2-9,16-17H,1H3,(H,24,28)(H,26,29)(H,27,30). The first-order chi connectivity index (χ1) is 14.2. The molecule has 0 saturated heterocycles. The Balaban J connectivity index is 1.63. The molecule has 1 aliphatic rings. The molecule has 0 bridgehead atoms. The van der Waals surface area contributed by atoms with Crippen LogP contribution in [0.2, 0.25) is 0 Å². The molecule has 0 fully saturated rings. The molecule has 154 valence electrons. The fraction of sp³-hybridized carbons (Fsp3) is 0.200. The number of carbonyl (C=O) groups is 2. The summed E-state index contributed by atoms with van der Waals surface area (Å²) in [5.41, 5.74) is 1.15. The number of aromatic nitrogens is 2. The third-order valence-electron chi connectivity index (χ3n) is 4.93. The summed E-state index contributed by atoms with van der Waals surface area (Å²) < 4.78 is 38.6. The maximum absolute atomic E-state index is 13.0. The van der Waals surface area contributed by atoms with Crippen LogP contribution in [0.3, 0.4) is 0 Å². The molecule has 30 heavy (non-hydrogen) atoms. The first-order valence-electron chi connectivity index (χ1n) is 8.99. The van der Waals surface area contributed by atoms with E-state index in [-0.39, 0.29) is 5.71 Å². The van der Waals surface area contributed by atoms with Crippen LogP contribution < -0.4 is 10.6 Å². The highest BCUT2D eigenvalue weighted by Gasteiger charge is 2.37. The monoisotopic (exact) mass is 415 g/mol. The molecule has 10 heteroatoms. The van der Waals surface area contributed by atoms with Gasteiger partial charge in [-0.25, -0.2) is 9.79 Å². The van der Waals surface area contributed by atoms with Gasteiger partial charge in [-0.1, -0.05) is 12.1 Å². The van der Waals surface area contributed by atoms with E-state index in [1.54, 1.807) is 31.3 Å². The van der Waals surface area contributed by atoms with Gasteiger partial charge in [0.2, 0.25) is 5.91 Å². The van der Waals surface area contributed by atoms with Gasteiger partial charge in [0.1, 0.15) is 5.92 Å². The molecule has 4 rings (SSSR count). The van der Waals surface area contributed by atoms with Crippen LogP contribution in [0.15, 0.2) is 53.7 Å². The van der Waals surface area contributed by atoms with E-state index in [4.69, 9.17) is 0 Å². The molecule has 2 atom stereocenters. The number of hydrogen-bond acceptors (Lipinski definition) is 3. The maximum Gasteiger partial charge on any atom is 0.416 e. The Bertz CT molecular complexity index is 1150. The van der Waals surface area contributed by atoms with Crippen LogP contribution in [0.4, 0.5) is 23.7 Å². The lowest BCUT2D eigenvalue weighted by atomic mass is 9.87. The zero-order valence-corrected chi connectivity index (χ0v) is 15.6. The Kier molecular flexibility index (Phi) is 4.76. The lowest BCUT2D eigenvalue weighted by Crippen LogP contribution is -2.45. The van der Waals surface area contributed by atoms with E-state index in [1.807, 2.05) is 0 Å². The summed E-state index contributed by atoms with van der Waals surface area (Å²) in [5, 5.41) is 12.9. The van der Waals surface area contributed by atoms with E-state index in [1.165, 1.54) is 12.1 Å². The van der Waals surface area contributed by atoms with E-state index < -0.39 is 35.6 Å².